The third kappa shape index (κ3) is 2.28. The molecule has 1 aliphatic heterocycles. The van der Waals surface area contributed by atoms with E-state index in [0.717, 1.165) is 36.5 Å². The van der Waals surface area contributed by atoms with Gasteiger partial charge in [0.1, 0.15) is 12.1 Å². The van der Waals surface area contributed by atoms with Crippen molar-refractivity contribution in [3.63, 3.8) is 0 Å². The van der Waals surface area contributed by atoms with Crippen LogP contribution in [0.4, 0.5) is 5.82 Å². The van der Waals surface area contributed by atoms with Crippen molar-refractivity contribution in [2.75, 3.05) is 11.9 Å². The van der Waals surface area contributed by atoms with Crippen LogP contribution in [0.15, 0.2) is 18.7 Å². The van der Waals surface area contributed by atoms with Crippen LogP contribution in [-0.2, 0) is 6.42 Å². The maximum Gasteiger partial charge on any atom is 0.133 e. The largest absolute Gasteiger partial charge is 0.369 e. The Balaban J connectivity index is 1.92. The molecular formula is C15H21N5. The van der Waals surface area contributed by atoms with Crippen molar-refractivity contribution >= 4 is 5.82 Å². The molecule has 3 heterocycles. The molecule has 2 aromatic rings. The molecule has 3 rings (SSSR count). The van der Waals surface area contributed by atoms with Crippen LogP contribution in [0, 0.1) is 0 Å². The predicted molar refractivity (Wildman–Crippen MR) is 79.7 cm³/mol. The van der Waals surface area contributed by atoms with E-state index in [2.05, 4.69) is 45.1 Å². The molecule has 0 bridgehead atoms. The Hall–Kier alpha value is -1.91. The Morgan fingerprint density at radius 3 is 3.05 bits per heavy atom. The van der Waals surface area contributed by atoms with Crippen LogP contribution in [0.25, 0.3) is 11.3 Å². The minimum Gasteiger partial charge on any atom is -0.369 e. The molecule has 0 fully saturated rings. The van der Waals surface area contributed by atoms with E-state index < -0.39 is 0 Å². The molecular weight excluding hydrogens is 250 g/mol. The second kappa shape index (κ2) is 5.61. The van der Waals surface area contributed by atoms with Crippen LogP contribution in [-0.4, -0.2) is 26.3 Å². The van der Waals surface area contributed by atoms with Crippen LogP contribution >= 0.6 is 0 Å². The number of rotatable bonds is 5. The Morgan fingerprint density at radius 1 is 1.35 bits per heavy atom. The van der Waals surface area contributed by atoms with E-state index in [4.69, 9.17) is 0 Å². The van der Waals surface area contributed by atoms with Crippen LogP contribution < -0.4 is 5.32 Å². The van der Waals surface area contributed by atoms with Crippen LogP contribution in [0.2, 0.25) is 0 Å². The normalized spacial score (nSPS) is 14.9. The molecule has 0 spiro atoms. The van der Waals surface area contributed by atoms with Gasteiger partial charge in [-0.25, -0.2) is 9.97 Å². The fourth-order valence-corrected chi connectivity index (χ4v) is 2.87. The topological polar surface area (TPSA) is 55.6 Å². The predicted octanol–water partition coefficient (Wildman–Crippen LogP) is 3.06. The molecule has 0 amide bonds. The summed E-state index contributed by atoms with van der Waals surface area (Å²) in [5, 5.41) is 7.84. The molecule has 0 saturated carbocycles. The summed E-state index contributed by atoms with van der Waals surface area (Å²) in [7, 11) is 0. The lowest BCUT2D eigenvalue weighted by atomic mass is 10.1. The number of nitrogens with one attached hydrogen (secondary N) is 1. The maximum absolute atomic E-state index is 4.54. The van der Waals surface area contributed by atoms with Crippen molar-refractivity contribution in [2.24, 2.45) is 0 Å². The highest BCUT2D eigenvalue weighted by Crippen LogP contribution is 2.30. The van der Waals surface area contributed by atoms with Gasteiger partial charge in [-0.15, -0.1) is 0 Å². The fourth-order valence-electron chi connectivity index (χ4n) is 2.87. The van der Waals surface area contributed by atoms with Gasteiger partial charge < -0.3 is 5.32 Å². The molecule has 0 aliphatic carbocycles. The molecule has 1 unspecified atom stereocenters. The third-order valence-corrected chi connectivity index (χ3v) is 3.96. The van der Waals surface area contributed by atoms with Crippen LogP contribution in [0.1, 0.15) is 44.7 Å². The van der Waals surface area contributed by atoms with Crippen molar-refractivity contribution in [1.82, 2.24) is 19.7 Å². The Bertz CT molecular complexity index is 590. The molecule has 2 aromatic heterocycles. The van der Waals surface area contributed by atoms with Gasteiger partial charge in [0.25, 0.3) is 0 Å². The summed E-state index contributed by atoms with van der Waals surface area (Å²) in [6, 6.07) is 0.488. The zero-order chi connectivity index (χ0) is 13.9. The number of hydrogen-bond donors (Lipinski definition) is 1. The molecule has 0 saturated heterocycles. The standard InChI is InChI=1S/C15H21N5/c1-3-5-12(4-2)20-9-11(8-19-20)14-13-6-7-16-15(13)18-10-17-14/h8-10,12H,3-7H2,1-2H3,(H,16,17,18). The van der Waals surface area contributed by atoms with E-state index in [9.17, 15) is 0 Å². The van der Waals surface area contributed by atoms with Gasteiger partial charge in [-0.1, -0.05) is 20.3 Å². The first-order valence-corrected chi connectivity index (χ1v) is 7.45. The SMILES string of the molecule is CCCC(CC)n1cc(-c2ncnc3c2CCN3)cn1. The Kier molecular flexibility index (Phi) is 3.67. The highest BCUT2D eigenvalue weighted by Gasteiger charge is 2.19. The summed E-state index contributed by atoms with van der Waals surface area (Å²) in [6.45, 7) is 5.38. The van der Waals surface area contributed by atoms with Gasteiger partial charge in [0, 0.05) is 23.9 Å². The lowest BCUT2D eigenvalue weighted by Gasteiger charge is -2.14. The van der Waals surface area contributed by atoms with E-state index in [-0.39, 0.29) is 0 Å². The summed E-state index contributed by atoms with van der Waals surface area (Å²) >= 11 is 0. The molecule has 106 valence electrons. The monoisotopic (exact) mass is 271 g/mol. The Labute approximate surface area is 119 Å². The van der Waals surface area contributed by atoms with Gasteiger partial charge in [-0.2, -0.15) is 5.10 Å². The number of fused-ring (bicyclic) bond motifs is 1. The zero-order valence-corrected chi connectivity index (χ0v) is 12.1. The molecule has 1 aliphatic rings. The van der Waals surface area contributed by atoms with E-state index >= 15 is 0 Å². The molecule has 5 nitrogen and oxygen atoms in total. The van der Waals surface area contributed by atoms with Gasteiger partial charge >= 0.3 is 0 Å². The van der Waals surface area contributed by atoms with Gasteiger partial charge in [-0.05, 0) is 19.3 Å². The second-order valence-corrected chi connectivity index (χ2v) is 5.29. The third-order valence-electron chi connectivity index (χ3n) is 3.96. The van der Waals surface area contributed by atoms with Crippen molar-refractivity contribution in [1.29, 1.82) is 0 Å². The molecule has 5 heteroatoms. The number of hydrogen-bond acceptors (Lipinski definition) is 4. The molecule has 1 atom stereocenters. The average Bonchev–Trinajstić information content (AvgIpc) is 3.12. The maximum atomic E-state index is 4.54. The first kappa shape index (κ1) is 13.1. The van der Waals surface area contributed by atoms with E-state index in [1.807, 2.05) is 6.20 Å². The summed E-state index contributed by atoms with van der Waals surface area (Å²) in [5.74, 6) is 0.975. The second-order valence-electron chi connectivity index (χ2n) is 5.29. The van der Waals surface area contributed by atoms with Gasteiger partial charge in [0.2, 0.25) is 0 Å². The summed E-state index contributed by atoms with van der Waals surface area (Å²) in [4.78, 5) is 8.74. The Morgan fingerprint density at radius 2 is 2.25 bits per heavy atom. The first-order chi connectivity index (χ1) is 9.83. The lowest BCUT2D eigenvalue weighted by Crippen LogP contribution is -2.07. The number of aromatic nitrogens is 4. The highest BCUT2D eigenvalue weighted by atomic mass is 15.3. The molecule has 0 aromatic carbocycles. The van der Waals surface area contributed by atoms with Crippen molar-refractivity contribution in [3.05, 3.63) is 24.3 Å². The number of nitrogens with zero attached hydrogens (tertiary/aromatic N) is 4. The smallest absolute Gasteiger partial charge is 0.133 e. The highest BCUT2D eigenvalue weighted by molar-refractivity contribution is 5.68. The van der Waals surface area contributed by atoms with Crippen molar-refractivity contribution in [3.8, 4) is 11.3 Å². The molecule has 0 radical (unpaired) electrons. The first-order valence-electron chi connectivity index (χ1n) is 7.45. The summed E-state index contributed by atoms with van der Waals surface area (Å²) in [6.07, 6.45) is 10.1. The fraction of sp³-hybridized carbons (Fsp3) is 0.533. The molecule has 1 N–H and O–H groups in total. The summed E-state index contributed by atoms with van der Waals surface area (Å²) < 4.78 is 2.09. The van der Waals surface area contributed by atoms with E-state index in [0.29, 0.717) is 6.04 Å². The van der Waals surface area contributed by atoms with Gasteiger partial charge in [0.15, 0.2) is 0 Å². The minimum atomic E-state index is 0.488. The quantitative estimate of drug-likeness (QED) is 0.908. The van der Waals surface area contributed by atoms with E-state index in [1.54, 1.807) is 6.33 Å². The van der Waals surface area contributed by atoms with Gasteiger partial charge in [-0.3, -0.25) is 4.68 Å². The van der Waals surface area contributed by atoms with Crippen LogP contribution in [0.5, 0.6) is 0 Å². The molecule has 20 heavy (non-hydrogen) atoms. The minimum absolute atomic E-state index is 0.488. The van der Waals surface area contributed by atoms with Gasteiger partial charge in [0.05, 0.1) is 17.9 Å². The zero-order valence-electron chi connectivity index (χ0n) is 12.1. The van der Waals surface area contributed by atoms with Crippen LogP contribution in [0.3, 0.4) is 0 Å². The average molecular weight is 271 g/mol. The number of anilines is 1. The van der Waals surface area contributed by atoms with E-state index in [1.165, 1.54) is 18.4 Å². The lowest BCUT2D eigenvalue weighted by molar-refractivity contribution is 0.409. The van der Waals surface area contributed by atoms with Crippen molar-refractivity contribution < 1.29 is 0 Å². The summed E-state index contributed by atoms with van der Waals surface area (Å²) in [5.41, 5.74) is 3.34. The van der Waals surface area contributed by atoms with Crippen molar-refractivity contribution in [2.45, 2.75) is 45.6 Å².